The van der Waals surface area contributed by atoms with E-state index in [1.54, 1.807) is 24.1 Å². The molecule has 0 unspecified atom stereocenters. The highest BCUT2D eigenvalue weighted by Crippen LogP contribution is 2.19. The number of aromatic nitrogens is 2. The summed E-state index contributed by atoms with van der Waals surface area (Å²) < 4.78 is 13.5. The van der Waals surface area contributed by atoms with Crippen molar-refractivity contribution in [3.05, 3.63) is 70.5 Å². The molecular formula is C20H20BrN3O3. The predicted molar refractivity (Wildman–Crippen MR) is 107 cm³/mol. The van der Waals surface area contributed by atoms with E-state index in [0.29, 0.717) is 24.5 Å². The Morgan fingerprint density at radius 2 is 1.93 bits per heavy atom. The number of hydrogen-bond acceptors (Lipinski definition) is 4. The second kappa shape index (κ2) is 8.73. The first-order valence-electron chi connectivity index (χ1n) is 8.44. The summed E-state index contributed by atoms with van der Waals surface area (Å²) in [5.74, 6) is 1.25. The number of nitrogens with zero attached hydrogens (tertiary/aromatic N) is 2. The fourth-order valence-electron chi connectivity index (χ4n) is 2.59. The molecule has 0 aliphatic carbocycles. The van der Waals surface area contributed by atoms with Gasteiger partial charge in [-0.05, 0) is 43.3 Å². The summed E-state index contributed by atoms with van der Waals surface area (Å²) >= 11 is 3.41. The Hall–Kier alpha value is -2.80. The summed E-state index contributed by atoms with van der Waals surface area (Å²) in [4.78, 5) is 12.4. The zero-order valence-corrected chi connectivity index (χ0v) is 16.7. The van der Waals surface area contributed by atoms with Crippen LogP contribution in [0.4, 0.5) is 0 Å². The van der Waals surface area contributed by atoms with Crippen molar-refractivity contribution in [3.8, 4) is 17.2 Å². The minimum absolute atomic E-state index is 0.176. The summed E-state index contributed by atoms with van der Waals surface area (Å²) in [5, 5.41) is 7.18. The van der Waals surface area contributed by atoms with E-state index in [1.807, 2.05) is 49.4 Å². The highest BCUT2D eigenvalue weighted by molar-refractivity contribution is 9.10. The van der Waals surface area contributed by atoms with E-state index in [9.17, 15) is 4.79 Å². The normalized spacial score (nSPS) is 10.5. The molecule has 140 valence electrons. The molecule has 0 fully saturated rings. The van der Waals surface area contributed by atoms with Crippen LogP contribution in [0.3, 0.4) is 0 Å². The number of nitrogens with one attached hydrogen (secondary N) is 1. The van der Waals surface area contributed by atoms with Crippen LogP contribution < -0.4 is 14.8 Å². The van der Waals surface area contributed by atoms with Crippen LogP contribution in [-0.4, -0.2) is 35.9 Å². The van der Waals surface area contributed by atoms with Gasteiger partial charge in [0.05, 0.1) is 36.8 Å². The fraction of sp³-hybridized carbons (Fsp3) is 0.200. The number of methoxy groups -OCH3 is 1. The molecule has 0 saturated carbocycles. The maximum atomic E-state index is 12.4. The Labute approximate surface area is 166 Å². The van der Waals surface area contributed by atoms with Gasteiger partial charge < -0.3 is 14.8 Å². The molecule has 1 heterocycles. The van der Waals surface area contributed by atoms with Crippen LogP contribution in [0, 0.1) is 6.92 Å². The number of rotatable bonds is 7. The van der Waals surface area contributed by atoms with Gasteiger partial charge in [-0.25, -0.2) is 4.68 Å². The topological polar surface area (TPSA) is 65.4 Å². The molecule has 27 heavy (non-hydrogen) atoms. The van der Waals surface area contributed by atoms with Gasteiger partial charge in [0, 0.05) is 10.5 Å². The quantitative estimate of drug-likeness (QED) is 0.580. The molecular weight excluding hydrogens is 410 g/mol. The van der Waals surface area contributed by atoms with Crippen LogP contribution in [0.1, 0.15) is 16.1 Å². The van der Waals surface area contributed by atoms with Gasteiger partial charge in [0.15, 0.2) is 0 Å². The summed E-state index contributed by atoms with van der Waals surface area (Å²) in [6, 6.07) is 15.1. The van der Waals surface area contributed by atoms with Crippen molar-refractivity contribution in [2.24, 2.45) is 0 Å². The highest BCUT2D eigenvalue weighted by Gasteiger charge is 2.14. The molecule has 0 saturated heterocycles. The van der Waals surface area contributed by atoms with E-state index < -0.39 is 0 Å². The molecule has 3 aromatic rings. The Bertz CT molecular complexity index is 922. The zero-order valence-electron chi connectivity index (χ0n) is 15.1. The van der Waals surface area contributed by atoms with Crippen molar-refractivity contribution in [2.45, 2.75) is 6.92 Å². The predicted octanol–water partition coefficient (Wildman–Crippen LogP) is 3.76. The van der Waals surface area contributed by atoms with Crippen LogP contribution in [-0.2, 0) is 0 Å². The second-order valence-corrected chi connectivity index (χ2v) is 6.73. The summed E-state index contributed by atoms with van der Waals surface area (Å²) in [7, 11) is 1.61. The molecule has 7 heteroatoms. The number of carbonyl (C=O) groups is 1. The maximum absolute atomic E-state index is 12.4. The molecule has 1 amide bonds. The zero-order chi connectivity index (χ0) is 19.2. The lowest BCUT2D eigenvalue weighted by atomic mass is 10.2. The smallest absolute Gasteiger partial charge is 0.254 e. The van der Waals surface area contributed by atoms with Crippen molar-refractivity contribution < 1.29 is 14.3 Å². The minimum Gasteiger partial charge on any atom is -0.497 e. The molecule has 0 aliphatic heterocycles. The molecule has 0 aliphatic rings. The van der Waals surface area contributed by atoms with Crippen LogP contribution in [0.2, 0.25) is 0 Å². The SMILES string of the molecule is COc1cccc(OCCNC(=O)c2cnn(-c3ccc(Br)cc3)c2C)c1. The molecule has 0 atom stereocenters. The standard InChI is InChI=1S/C20H20BrN3O3/c1-14-19(13-23-24(14)16-8-6-15(21)7-9-16)20(25)22-10-11-27-18-5-3-4-17(12-18)26-2/h3-9,12-13H,10-11H2,1-2H3,(H,22,25). The van der Waals surface area contributed by atoms with E-state index in [4.69, 9.17) is 9.47 Å². The summed E-state index contributed by atoms with van der Waals surface area (Å²) in [6.07, 6.45) is 1.58. The van der Waals surface area contributed by atoms with E-state index >= 15 is 0 Å². The van der Waals surface area contributed by atoms with Gasteiger partial charge in [0.1, 0.15) is 18.1 Å². The Balaban J connectivity index is 1.56. The highest BCUT2D eigenvalue weighted by atomic mass is 79.9. The van der Waals surface area contributed by atoms with Gasteiger partial charge in [0.2, 0.25) is 0 Å². The van der Waals surface area contributed by atoms with Crippen LogP contribution in [0.25, 0.3) is 5.69 Å². The van der Waals surface area contributed by atoms with Gasteiger partial charge in [-0.15, -0.1) is 0 Å². The first-order chi connectivity index (χ1) is 13.1. The molecule has 0 spiro atoms. The number of ether oxygens (including phenoxy) is 2. The molecule has 0 radical (unpaired) electrons. The van der Waals surface area contributed by atoms with E-state index in [0.717, 1.165) is 21.6 Å². The van der Waals surface area contributed by atoms with Gasteiger partial charge in [0.25, 0.3) is 5.91 Å². The third kappa shape index (κ3) is 4.68. The Kier molecular flexibility index (Phi) is 6.13. The molecule has 3 rings (SSSR count). The largest absolute Gasteiger partial charge is 0.497 e. The third-order valence-corrected chi connectivity index (χ3v) is 4.55. The lowest BCUT2D eigenvalue weighted by Gasteiger charge is -2.09. The average Bonchev–Trinajstić information content (AvgIpc) is 3.07. The molecule has 2 aromatic carbocycles. The summed E-state index contributed by atoms with van der Waals surface area (Å²) in [6.45, 7) is 2.62. The van der Waals surface area contributed by atoms with Crippen molar-refractivity contribution >= 4 is 21.8 Å². The number of amides is 1. The van der Waals surface area contributed by atoms with Gasteiger partial charge >= 0.3 is 0 Å². The van der Waals surface area contributed by atoms with Crippen molar-refractivity contribution in [1.82, 2.24) is 15.1 Å². The van der Waals surface area contributed by atoms with Crippen molar-refractivity contribution in [2.75, 3.05) is 20.3 Å². The van der Waals surface area contributed by atoms with Gasteiger partial charge in [-0.2, -0.15) is 5.10 Å². The molecule has 0 bridgehead atoms. The monoisotopic (exact) mass is 429 g/mol. The Morgan fingerprint density at radius 1 is 1.19 bits per heavy atom. The molecule has 6 nitrogen and oxygen atoms in total. The van der Waals surface area contributed by atoms with Crippen molar-refractivity contribution in [3.63, 3.8) is 0 Å². The molecule has 1 aromatic heterocycles. The lowest BCUT2D eigenvalue weighted by molar-refractivity contribution is 0.0946. The van der Waals surface area contributed by atoms with E-state index in [2.05, 4.69) is 26.3 Å². The van der Waals surface area contributed by atoms with Crippen LogP contribution in [0.5, 0.6) is 11.5 Å². The van der Waals surface area contributed by atoms with Crippen LogP contribution >= 0.6 is 15.9 Å². The average molecular weight is 430 g/mol. The van der Waals surface area contributed by atoms with Crippen LogP contribution in [0.15, 0.2) is 59.2 Å². The second-order valence-electron chi connectivity index (χ2n) is 5.82. The van der Waals surface area contributed by atoms with Gasteiger partial charge in [-0.3, -0.25) is 4.79 Å². The number of benzene rings is 2. The van der Waals surface area contributed by atoms with Crippen molar-refractivity contribution in [1.29, 1.82) is 0 Å². The van der Waals surface area contributed by atoms with E-state index in [-0.39, 0.29) is 5.91 Å². The summed E-state index contributed by atoms with van der Waals surface area (Å²) in [5.41, 5.74) is 2.22. The lowest BCUT2D eigenvalue weighted by Crippen LogP contribution is -2.28. The third-order valence-electron chi connectivity index (χ3n) is 4.02. The Morgan fingerprint density at radius 3 is 2.67 bits per heavy atom. The molecule has 1 N–H and O–H groups in total. The van der Waals surface area contributed by atoms with E-state index in [1.165, 1.54) is 0 Å². The number of carbonyl (C=O) groups excluding carboxylic acids is 1. The number of halogens is 1. The first kappa shape index (κ1) is 19.0. The minimum atomic E-state index is -0.176. The first-order valence-corrected chi connectivity index (χ1v) is 9.23. The maximum Gasteiger partial charge on any atom is 0.254 e. The van der Waals surface area contributed by atoms with Gasteiger partial charge in [-0.1, -0.05) is 22.0 Å². The fourth-order valence-corrected chi connectivity index (χ4v) is 2.86. The number of hydrogen-bond donors (Lipinski definition) is 1.